The number of nitrogens with one attached hydrogen (secondary N) is 1. The van der Waals surface area contributed by atoms with E-state index in [-0.39, 0.29) is 5.91 Å². The van der Waals surface area contributed by atoms with Crippen LogP contribution in [0.25, 0.3) is 22.2 Å². The van der Waals surface area contributed by atoms with Crippen molar-refractivity contribution >= 4 is 39.6 Å². The summed E-state index contributed by atoms with van der Waals surface area (Å²) >= 11 is 0. The van der Waals surface area contributed by atoms with Gasteiger partial charge in [0.2, 0.25) is 0 Å². The number of rotatable bonds is 4. The maximum absolute atomic E-state index is 13.2. The molecule has 7 nitrogen and oxygen atoms in total. The topological polar surface area (TPSA) is 99.0 Å². The molecule has 0 radical (unpaired) electrons. The number of benzene rings is 2. The molecule has 0 saturated carbocycles. The number of anilines is 2. The molecule has 0 unspecified atom stereocenters. The summed E-state index contributed by atoms with van der Waals surface area (Å²) in [5, 5.41) is 2.92. The molecule has 0 aliphatic heterocycles. The lowest BCUT2D eigenvalue weighted by Gasteiger charge is -2.07. The lowest BCUT2D eigenvalue weighted by atomic mass is 10.2. The number of carbonyl (C=O) groups is 1. The Bertz CT molecular complexity index is 1370. The zero-order valence-electron chi connectivity index (χ0n) is 16.3. The maximum Gasteiger partial charge on any atom is 0.261 e. The Hall–Kier alpha value is -4.13. The van der Waals surface area contributed by atoms with Gasteiger partial charge in [-0.15, -0.1) is 0 Å². The number of hydrogen-bond donors (Lipinski definition) is 2. The van der Waals surface area contributed by atoms with E-state index in [0.717, 1.165) is 11.1 Å². The molecule has 3 aromatic heterocycles. The molecular weight excluding hydrogens is 378 g/mol. The second-order valence-corrected chi connectivity index (χ2v) is 7.13. The molecule has 0 aliphatic rings. The summed E-state index contributed by atoms with van der Waals surface area (Å²) in [7, 11) is 0. The highest BCUT2D eigenvalue weighted by molar-refractivity contribution is 6.16. The van der Waals surface area contributed by atoms with Crippen molar-refractivity contribution in [2.75, 3.05) is 11.1 Å². The van der Waals surface area contributed by atoms with Crippen molar-refractivity contribution in [2.45, 2.75) is 13.5 Å². The van der Waals surface area contributed by atoms with Crippen LogP contribution in [0.2, 0.25) is 0 Å². The Kier molecular flexibility index (Phi) is 4.21. The van der Waals surface area contributed by atoms with E-state index in [4.69, 9.17) is 20.1 Å². The summed E-state index contributed by atoms with van der Waals surface area (Å²) in [5.74, 6) is 0.671. The molecular formula is C23H19N5O2. The summed E-state index contributed by atoms with van der Waals surface area (Å²) in [6.07, 6.45) is 1.60. The average Bonchev–Trinajstić information content (AvgIpc) is 3.35. The molecule has 5 aromatic rings. The quantitative estimate of drug-likeness (QED) is 0.469. The van der Waals surface area contributed by atoms with Crippen molar-refractivity contribution in [2.24, 2.45) is 0 Å². The second kappa shape index (κ2) is 7.04. The molecule has 0 bridgehead atoms. The van der Waals surface area contributed by atoms with Crippen LogP contribution in [0.15, 0.2) is 71.3 Å². The largest absolute Gasteiger partial charge is 0.467 e. The Morgan fingerprint density at radius 1 is 1.03 bits per heavy atom. The van der Waals surface area contributed by atoms with Crippen LogP contribution in [0.5, 0.6) is 0 Å². The van der Waals surface area contributed by atoms with Gasteiger partial charge < -0.3 is 20.0 Å². The molecule has 3 heterocycles. The van der Waals surface area contributed by atoms with Crippen LogP contribution in [0.3, 0.4) is 0 Å². The van der Waals surface area contributed by atoms with Gasteiger partial charge in [-0.3, -0.25) is 4.79 Å². The van der Waals surface area contributed by atoms with E-state index in [9.17, 15) is 4.79 Å². The van der Waals surface area contributed by atoms with Crippen LogP contribution in [-0.2, 0) is 6.54 Å². The fourth-order valence-electron chi connectivity index (χ4n) is 3.49. The van der Waals surface area contributed by atoms with E-state index < -0.39 is 0 Å². The van der Waals surface area contributed by atoms with E-state index in [1.165, 1.54) is 0 Å². The van der Waals surface area contributed by atoms with Crippen molar-refractivity contribution < 1.29 is 9.21 Å². The Morgan fingerprint density at radius 3 is 2.47 bits per heavy atom. The number of aromatic nitrogens is 3. The molecule has 30 heavy (non-hydrogen) atoms. The first kappa shape index (κ1) is 17.9. The van der Waals surface area contributed by atoms with Gasteiger partial charge in [0, 0.05) is 5.69 Å². The van der Waals surface area contributed by atoms with Crippen molar-refractivity contribution in [1.29, 1.82) is 0 Å². The van der Waals surface area contributed by atoms with E-state index in [0.29, 0.717) is 46.1 Å². The van der Waals surface area contributed by atoms with Crippen molar-refractivity contribution in [3.8, 4) is 0 Å². The number of hydrogen-bond acceptors (Lipinski definition) is 5. The van der Waals surface area contributed by atoms with Gasteiger partial charge in [-0.05, 0) is 43.3 Å². The third kappa shape index (κ3) is 3.06. The van der Waals surface area contributed by atoms with Gasteiger partial charge in [-0.1, -0.05) is 29.8 Å². The summed E-state index contributed by atoms with van der Waals surface area (Å²) in [4.78, 5) is 22.6. The molecule has 0 atom stereocenters. The minimum Gasteiger partial charge on any atom is -0.467 e. The Labute approximate surface area is 172 Å². The lowest BCUT2D eigenvalue weighted by Crippen LogP contribution is -2.15. The summed E-state index contributed by atoms with van der Waals surface area (Å²) in [5.41, 5.74) is 11.0. The first-order chi connectivity index (χ1) is 14.6. The fraction of sp³-hybridized carbons (Fsp3) is 0.0870. The number of amides is 1. The second-order valence-electron chi connectivity index (χ2n) is 7.13. The van der Waals surface area contributed by atoms with Gasteiger partial charge in [0.25, 0.3) is 5.91 Å². The van der Waals surface area contributed by atoms with Gasteiger partial charge in [0.05, 0.1) is 23.8 Å². The van der Waals surface area contributed by atoms with Crippen LogP contribution in [0, 0.1) is 6.92 Å². The van der Waals surface area contributed by atoms with Crippen molar-refractivity contribution in [3.63, 3.8) is 0 Å². The van der Waals surface area contributed by atoms with Crippen LogP contribution in [-0.4, -0.2) is 20.4 Å². The molecule has 148 valence electrons. The van der Waals surface area contributed by atoms with Gasteiger partial charge in [-0.2, -0.15) is 0 Å². The number of nitrogens with two attached hydrogens (primary N) is 1. The van der Waals surface area contributed by atoms with Crippen molar-refractivity contribution in [1.82, 2.24) is 14.5 Å². The first-order valence-electron chi connectivity index (χ1n) is 9.55. The lowest BCUT2D eigenvalue weighted by molar-refractivity contribution is 0.102. The molecule has 0 spiro atoms. The monoisotopic (exact) mass is 397 g/mol. The van der Waals surface area contributed by atoms with Crippen LogP contribution in [0.1, 0.15) is 21.7 Å². The standard InChI is InChI=1S/C23H19N5O2/c1-14-8-10-15(11-9-14)25-23(29)19-20-22(27-18-7-3-2-6-17(18)26-20)28(21(19)24)13-16-5-4-12-30-16/h2-12H,13,24H2,1H3,(H,25,29). The normalized spacial score (nSPS) is 11.2. The number of fused-ring (bicyclic) bond motifs is 2. The minimum atomic E-state index is -0.330. The van der Waals surface area contributed by atoms with Gasteiger partial charge in [0.15, 0.2) is 5.65 Å². The van der Waals surface area contributed by atoms with E-state index in [1.54, 1.807) is 10.8 Å². The number of nitrogens with zero attached hydrogens (tertiary/aromatic N) is 3. The van der Waals surface area contributed by atoms with Gasteiger partial charge >= 0.3 is 0 Å². The number of furan rings is 1. The molecule has 0 aliphatic carbocycles. The molecule has 2 aromatic carbocycles. The zero-order valence-corrected chi connectivity index (χ0v) is 16.3. The third-order valence-corrected chi connectivity index (χ3v) is 5.02. The smallest absolute Gasteiger partial charge is 0.261 e. The van der Waals surface area contributed by atoms with Crippen LogP contribution in [0.4, 0.5) is 11.5 Å². The van der Waals surface area contributed by atoms with Crippen molar-refractivity contribution in [3.05, 3.63) is 83.8 Å². The minimum absolute atomic E-state index is 0.293. The van der Waals surface area contributed by atoms with Crippen LogP contribution >= 0.6 is 0 Å². The predicted octanol–water partition coefficient (Wildman–Crippen LogP) is 4.37. The first-order valence-corrected chi connectivity index (χ1v) is 9.55. The predicted molar refractivity (Wildman–Crippen MR) is 116 cm³/mol. The van der Waals surface area contributed by atoms with E-state index in [1.807, 2.05) is 67.6 Å². The molecule has 1 amide bonds. The molecule has 3 N–H and O–H groups in total. The highest BCUT2D eigenvalue weighted by Gasteiger charge is 2.24. The molecule has 0 fully saturated rings. The third-order valence-electron chi connectivity index (χ3n) is 5.02. The molecule has 5 rings (SSSR count). The Balaban J connectivity index is 1.67. The summed E-state index contributed by atoms with van der Waals surface area (Å²) < 4.78 is 7.24. The summed E-state index contributed by atoms with van der Waals surface area (Å²) in [6, 6.07) is 18.8. The fourth-order valence-corrected chi connectivity index (χ4v) is 3.49. The maximum atomic E-state index is 13.2. The molecule has 0 saturated heterocycles. The van der Waals surface area contributed by atoms with E-state index in [2.05, 4.69) is 5.32 Å². The Morgan fingerprint density at radius 2 is 1.77 bits per heavy atom. The highest BCUT2D eigenvalue weighted by atomic mass is 16.3. The zero-order chi connectivity index (χ0) is 20.7. The van der Waals surface area contributed by atoms with Gasteiger partial charge in [-0.25, -0.2) is 9.97 Å². The molecule has 7 heteroatoms. The van der Waals surface area contributed by atoms with Crippen LogP contribution < -0.4 is 11.1 Å². The number of nitrogen functional groups attached to an aromatic ring is 1. The number of para-hydroxylation sites is 2. The highest BCUT2D eigenvalue weighted by Crippen LogP contribution is 2.29. The number of carbonyl (C=O) groups excluding carboxylic acids is 1. The average molecular weight is 397 g/mol. The van der Waals surface area contributed by atoms with Gasteiger partial charge in [0.1, 0.15) is 22.7 Å². The number of aryl methyl sites for hydroxylation is 1. The summed E-state index contributed by atoms with van der Waals surface area (Å²) in [6.45, 7) is 2.34. The van der Waals surface area contributed by atoms with E-state index >= 15 is 0 Å². The SMILES string of the molecule is Cc1ccc(NC(=O)c2c(N)n(Cc3ccco3)c3nc4ccccc4nc23)cc1.